The molecule has 0 aromatic heterocycles. The summed E-state index contributed by atoms with van der Waals surface area (Å²) in [5.41, 5.74) is 2.32. The van der Waals surface area contributed by atoms with E-state index >= 15 is 0 Å². The number of nitriles is 1. The molecule has 2 rings (SSSR count). The van der Waals surface area contributed by atoms with Gasteiger partial charge >= 0.3 is 0 Å². The summed E-state index contributed by atoms with van der Waals surface area (Å²) < 4.78 is 13.3. The summed E-state index contributed by atoms with van der Waals surface area (Å²) in [5, 5.41) is 22.6. The highest BCUT2D eigenvalue weighted by atomic mass is 35.5. The molecule has 3 nitrogen and oxygen atoms in total. The Kier molecular flexibility index (Phi) is 5.97. The molecule has 0 heterocycles. The summed E-state index contributed by atoms with van der Waals surface area (Å²) >= 11 is 12.1. The molecule has 2 aromatic carbocycles. The molecule has 0 fully saturated rings. The van der Waals surface area contributed by atoms with Crippen LogP contribution in [0.5, 0.6) is 0 Å². The van der Waals surface area contributed by atoms with E-state index in [1.165, 1.54) is 24.3 Å². The molecule has 1 unspecified atom stereocenters. The highest BCUT2D eigenvalue weighted by Crippen LogP contribution is 2.31. The monoisotopic (exact) mass is 352 g/mol. The minimum Gasteiger partial charge on any atom is -0.387 e. The van der Waals surface area contributed by atoms with E-state index in [4.69, 9.17) is 28.5 Å². The van der Waals surface area contributed by atoms with Crippen molar-refractivity contribution in [1.82, 2.24) is 5.32 Å². The number of halogens is 3. The Morgan fingerprint density at radius 1 is 1.22 bits per heavy atom. The molecule has 0 bridgehead atoms. The third-order valence-corrected chi connectivity index (χ3v) is 3.94. The van der Waals surface area contributed by atoms with Crippen molar-refractivity contribution < 1.29 is 9.50 Å². The van der Waals surface area contributed by atoms with E-state index in [0.717, 1.165) is 11.1 Å². The summed E-state index contributed by atoms with van der Waals surface area (Å²) in [5.74, 6) is -0.291. The lowest BCUT2D eigenvalue weighted by atomic mass is 10.1. The normalized spacial score (nSPS) is 12.0. The molecule has 6 heteroatoms. The van der Waals surface area contributed by atoms with Gasteiger partial charge in [0, 0.05) is 28.7 Å². The number of aryl methyl sites for hydroxylation is 1. The van der Waals surface area contributed by atoms with E-state index in [-0.39, 0.29) is 22.4 Å². The molecule has 0 aliphatic carbocycles. The highest BCUT2D eigenvalue weighted by Gasteiger charge is 2.16. The number of nitrogens with zero attached hydrogens (tertiary/aromatic N) is 1. The Bertz CT molecular complexity index is 715. The number of hydrogen-bond donors (Lipinski definition) is 2. The lowest BCUT2D eigenvalue weighted by Crippen LogP contribution is -2.21. The first-order valence-electron chi connectivity index (χ1n) is 6.94. The molecule has 2 aromatic rings. The summed E-state index contributed by atoms with van der Waals surface area (Å²) in [4.78, 5) is 0. The lowest BCUT2D eigenvalue weighted by Gasteiger charge is -2.16. The van der Waals surface area contributed by atoms with Crippen LogP contribution in [-0.4, -0.2) is 11.7 Å². The van der Waals surface area contributed by atoms with Gasteiger partial charge in [0.15, 0.2) is 0 Å². The summed E-state index contributed by atoms with van der Waals surface area (Å²) in [6.07, 6.45) is -0.933. The maximum absolute atomic E-state index is 13.3. The van der Waals surface area contributed by atoms with Gasteiger partial charge in [0.2, 0.25) is 0 Å². The van der Waals surface area contributed by atoms with Crippen LogP contribution < -0.4 is 5.32 Å². The maximum atomic E-state index is 13.3. The molecule has 0 spiro atoms. The Balaban J connectivity index is 2.03. The van der Waals surface area contributed by atoms with Crippen LogP contribution >= 0.6 is 23.2 Å². The zero-order valence-corrected chi connectivity index (χ0v) is 13.9. The number of nitrogens with one attached hydrogen (secondary N) is 1. The molecule has 0 radical (unpaired) electrons. The fourth-order valence-corrected chi connectivity index (χ4v) is 3.08. The van der Waals surface area contributed by atoms with Crippen LogP contribution in [0.25, 0.3) is 0 Å². The topological polar surface area (TPSA) is 56.0 Å². The first-order chi connectivity index (χ1) is 10.9. The first-order valence-corrected chi connectivity index (χ1v) is 7.70. The molecule has 0 aliphatic heterocycles. The van der Waals surface area contributed by atoms with Crippen LogP contribution in [0.4, 0.5) is 4.39 Å². The molecule has 1 atom stereocenters. The van der Waals surface area contributed by atoms with Gasteiger partial charge in [0.25, 0.3) is 0 Å². The average molecular weight is 353 g/mol. The van der Waals surface area contributed by atoms with E-state index in [1.807, 2.05) is 19.1 Å². The quantitative estimate of drug-likeness (QED) is 0.850. The van der Waals surface area contributed by atoms with Gasteiger partial charge in [0.1, 0.15) is 5.82 Å². The van der Waals surface area contributed by atoms with Gasteiger partial charge in [-0.05, 0) is 42.3 Å². The molecule has 0 saturated heterocycles. The third-order valence-electron chi connectivity index (χ3n) is 3.31. The second kappa shape index (κ2) is 7.76. The predicted molar refractivity (Wildman–Crippen MR) is 89.0 cm³/mol. The molecule has 0 saturated carbocycles. The second-order valence-electron chi connectivity index (χ2n) is 5.25. The van der Waals surface area contributed by atoms with Gasteiger partial charge in [-0.15, -0.1) is 0 Å². The fraction of sp³-hybridized carbons (Fsp3) is 0.235. The van der Waals surface area contributed by atoms with Crippen molar-refractivity contribution in [3.8, 4) is 6.07 Å². The van der Waals surface area contributed by atoms with E-state index in [2.05, 4.69) is 5.32 Å². The second-order valence-corrected chi connectivity index (χ2v) is 6.06. The van der Waals surface area contributed by atoms with Crippen LogP contribution in [0.3, 0.4) is 0 Å². The van der Waals surface area contributed by atoms with E-state index in [1.54, 1.807) is 0 Å². The van der Waals surface area contributed by atoms with Gasteiger partial charge in [-0.3, -0.25) is 0 Å². The van der Waals surface area contributed by atoms with Crippen molar-refractivity contribution >= 4 is 23.2 Å². The van der Waals surface area contributed by atoms with Crippen LogP contribution in [0.2, 0.25) is 10.0 Å². The predicted octanol–water partition coefficient (Wildman–Crippen LogP) is 4.14. The van der Waals surface area contributed by atoms with E-state index in [0.29, 0.717) is 17.7 Å². The molecule has 2 N–H and O–H groups in total. The van der Waals surface area contributed by atoms with E-state index in [9.17, 15) is 9.50 Å². The Hall–Kier alpha value is -1.64. The van der Waals surface area contributed by atoms with Crippen LogP contribution in [0.1, 0.15) is 28.4 Å². The average Bonchev–Trinajstić information content (AvgIpc) is 2.45. The minimum atomic E-state index is -0.933. The van der Waals surface area contributed by atoms with Crippen LogP contribution in [0, 0.1) is 24.1 Å². The molecular formula is C17H15Cl2FN2O. The number of aliphatic hydroxyl groups is 1. The first kappa shape index (κ1) is 17.7. The number of benzene rings is 2. The zero-order valence-electron chi connectivity index (χ0n) is 12.4. The number of hydrogen-bond acceptors (Lipinski definition) is 3. The number of aliphatic hydroxyl groups excluding tert-OH is 1. The Morgan fingerprint density at radius 3 is 2.43 bits per heavy atom. The van der Waals surface area contributed by atoms with Crippen molar-refractivity contribution in [3.05, 3.63) is 68.4 Å². The Morgan fingerprint density at radius 2 is 1.87 bits per heavy atom. The van der Waals surface area contributed by atoms with Crippen molar-refractivity contribution in [2.24, 2.45) is 0 Å². The SMILES string of the molecule is Cc1cc(F)cc(CNCC(O)c2c(Cl)cc(C#N)cc2Cl)c1. The number of rotatable bonds is 5. The summed E-state index contributed by atoms with van der Waals surface area (Å²) in [6, 6.07) is 9.63. The summed E-state index contributed by atoms with van der Waals surface area (Å²) in [6.45, 7) is 2.42. The van der Waals surface area contributed by atoms with Crippen LogP contribution in [0.15, 0.2) is 30.3 Å². The van der Waals surface area contributed by atoms with Crippen molar-refractivity contribution in [2.75, 3.05) is 6.54 Å². The molecular weight excluding hydrogens is 338 g/mol. The van der Waals surface area contributed by atoms with Gasteiger partial charge in [-0.2, -0.15) is 5.26 Å². The van der Waals surface area contributed by atoms with Crippen molar-refractivity contribution in [3.63, 3.8) is 0 Å². The van der Waals surface area contributed by atoms with Gasteiger partial charge in [-0.25, -0.2) is 4.39 Å². The zero-order chi connectivity index (χ0) is 17.0. The van der Waals surface area contributed by atoms with Gasteiger partial charge in [0.05, 0.1) is 17.7 Å². The summed E-state index contributed by atoms with van der Waals surface area (Å²) in [7, 11) is 0. The van der Waals surface area contributed by atoms with Crippen molar-refractivity contribution in [1.29, 1.82) is 5.26 Å². The smallest absolute Gasteiger partial charge is 0.123 e. The molecule has 0 amide bonds. The molecule has 120 valence electrons. The minimum absolute atomic E-state index is 0.195. The largest absolute Gasteiger partial charge is 0.387 e. The molecule has 23 heavy (non-hydrogen) atoms. The van der Waals surface area contributed by atoms with Crippen molar-refractivity contribution in [2.45, 2.75) is 19.6 Å². The Labute approximate surface area is 144 Å². The fourth-order valence-electron chi connectivity index (χ4n) is 2.34. The van der Waals surface area contributed by atoms with Gasteiger partial charge in [-0.1, -0.05) is 29.3 Å². The van der Waals surface area contributed by atoms with Crippen LogP contribution in [-0.2, 0) is 6.54 Å². The lowest BCUT2D eigenvalue weighted by molar-refractivity contribution is 0.174. The molecule has 0 aliphatic rings. The highest BCUT2D eigenvalue weighted by molar-refractivity contribution is 6.36. The standard InChI is InChI=1S/C17H15Cl2FN2O/c1-10-2-12(4-13(20)3-10)8-22-9-16(23)17-14(18)5-11(7-21)6-15(17)19/h2-6,16,22-23H,8-9H2,1H3. The van der Waals surface area contributed by atoms with Gasteiger partial charge < -0.3 is 10.4 Å². The van der Waals surface area contributed by atoms with E-state index < -0.39 is 6.10 Å². The maximum Gasteiger partial charge on any atom is 0.123 e. The third kappa shape index (κ3) is 4.66.